The van der Waals surface area contributed by atoms with E-state index in [0.29, 0.717) is 11.7 Å². The predicted octanol–water partition coefficient (Wildman–Crippen LogP) is 2.92. The van der Waals surface area contributed by atoms with Gasteiger partial charge in [-0.3, -0.25) is 0 Å². The van der Waals surface area contributed by atoms with Crippen molar-refractivity contribution in [3.8, 4) is 0 Å². The van der Waals surface area contributed by atoms with Crippen molar-refractivity contribution in [2.24, 2.45) is 12.1 Å². The third-order valence-corrected chi connectivity index (χ3v) is 2.90. The van der Waals surface area contributed by atoms with Crippen LogP contribution < -0.4 is 5.43 Å². The zero-order valence-electron chi connectivity index (χ0n) is 10.8. The van der Waals surface area contributed by atoms with Gasteiger partial charge >= 0.3 is 0 Å². The number of rotatable bonds is 3. The average molecular weight is 254 g/mol. The number of hydrogen-bond acceptors (Lipinski definition) is 4. The highest BCUT2D eigenvalue weighted by atomic mass is 16.3. The van der Waals surface area contributed by atoms with Gasteiger partial charge in [0.05, 0.1) is 17.2 Å². The predicted molar refractivity (Wildman–Crippen MR) is 75.4 cm³/mol. The van der Waals surface area contributed by atoms with E-state index < -0.39 is 0 Å². The Morgan fingerprint density at radius 2 is 2.11 bits per heavy atom. The summed E-state index contributed by atoms with van der Waals surface area (Å²) in [6.45, 7) is 1.90. The van der Waals surface area contributed by atoms with E-state index in [1.165, 1.54) is 0 Å². The zero-order valence-corrected chi connectivity index (χ0v) is 10.8. The first-order valence-corrected chi connectivity index (χ1v) is 6.01. The second kappa shape index (κ2) is 4.61. The molecule has 1 aromatic carbocycles. The van der Waals surface area contributed by atoms with E-state index in [4.69, 9.17) is 4.42 Å². The molecule has 19 heavy (non-hydrogen) atoms. The first-order valence-electron chi connectivity index (χ1n) is 6.01. The molecule has 0 fully saturated rings. The summed E-state index contributed by atoms with van der Waals surface area (Å²) in [5.74, 6) is 2.27. The minimum Gasteiger partial charge on any atom is -0.460 e. The molecule has 0 saturated carbocycles. The lowest BCUT2D eigenvalue weighted by atomic mass is 10.3. The smallest absolute Gasteiger partial charge is 0.224 e. The molecule has 0 spiro atoms. The highest BCUT2D eigenvalue weighted by Gasteiger charge is 2.05. The number of nitrogens with zero attached hydrogens (tertiary/aromatic N) is 3. The number of fused-ring (bicyclic) bond motifs is 1. The van der Waals surface area contributed by atoms with E-state index in [2.05, 4.69) is 15.5 Å². The molecule has 3 aromatic rings. The lowest BCUT2D eigenvalue weighted by Crippen LogP contribution is -1.98. The summed E-state index contributed by atoms with van der Waals surface area (Å²) in [5.41, 5.74) is 4.93. The van der Waals surface area contributed by atoms with E-state index in [1.54, 1.807) is 6.21 Å². The number of imidazole rings is 1. The van der Waals surface area contributed by atoms with Crippen LogP contribution in [-0.2, 0) is 7.05 Å². The minimum atomic E-state index is 0.695. The van der Waals surface area contributed by atoms with Gasteiger partial charge in [0, 0.05) is 7.05 Å². The molecule has 0 radical (unpaired) electrons. The van der Waals surface area contributed by atoms with Crippen LogP contribution in [0.4, 0.5) is 5.95 Å². The highest BCUT2D eigenvalue weighted by Crippen LogP contribution is 2.17. The molecule has 2 heterocycles. The minimum absolute atomic E-state index is 0.695. The third-order valence-electron chi connectivity index (χ3n) is 2.90. The van der Waals surface area contributed by atoms with Crippen molar-refractivity contribution in [1.82, 2.24) is 9.55 Å². The molecule has 0 saturated heterocycles. The number of furan rings is 1. The summed E-state index contributed by atoms with van der Waals surface area (Å²) in [6.07, 6.45) is 1.63. The lowest BCUT2D eigenvalue weighted by Gasteiger charge is -1.99. The van der Waals surface area contributed by atoms with Gasteiger partial charge in [0.2, 0.25) is 5.95 Å². The van der Waals surface area contributed by atoms with Gasteiger partial charge in [0.25, 0.3) is 0 Å². The standard InChI is InChI=1S/C14H14N4O/c1-10-7-8-11(19-10)9-15-17-14-16-12-5-3-4-6-13(12)18(14)2/h3-9H,1-2H3,(H,16,17)/b15-9-. The quantitative estimate of drug-likeness (QED) is 0.577. The van der Waals surface area contributed by atoms with Crippen molar-refractivity contribution in [3.05, 3.63) is 47.9 Å². The van der Waals surface area contributed by atoms with Crippen molar-refractivity contribution >= 4 is 23.2 Å². The summed E-state index contributed by atoms with van der Waals surface area (Å²) < 4.78 is 7.35. The fraction of sp³-hybridized carbons (Fsp3) is 0.143. The summed E-state index contributed by atoms with van der Waals surface area (Å²) in [4.78, 5) is 4.46. The van der Waals surface area contributed by atoms with Crippen LogP contribution in [0.25, 0.3) is 11.0 Å². The molecule has 0 aliphatic carbocycles. The maximum absolute atomic E-state index is 5.39. The summed E-state index contributed by atoms with van der Waals surface area (Å²) in [5, 5.41) is 4.13. The van der Waals surface area contributed by atoms with Crippen LogP contribution in [0, 0.1) is 6.92 Å². The van der Waals surface area contributed by atoms with Gasteiger partial charge in [-0.25, -0.2) is 10.4 Å². The van der Waals surface area contributed by atoms with Crippen molar-refractivity contribution in [1.29, 1.82) is 0 Å². The van der Waals surface area contributed by atoms with Crippen LogP contribution in [0.1, 0.15) is 11.5 Å². The molecule has 0 unspecified atom stereocenters. The topological polar surface area (TPSA) is 55.4 Å². The van der Waals surface area contributed by atoms with Crippen LogP contribution in [0.2, 0.25) is 0 Å². The average Bonchev–Trinajstić information content (AvgIpc) is 2.96. The number of aromatic nitrogens is 2. The van der Waals surface area contributed by atoms with Gasteiger partial charge in [-0.15, -0.1) is 0 Å². The molecular weight excluding hydrogens is 240 g/mol. The summed E-state index contributed by atoms with van der Waals surface area (Å²) >= 11 is 0. The molecule has 5 nitrogen and oxygen atoms in total. The Hall–Kier alpha value is -2.56. The molecule has 0 bridgehead atoms. The van der Waals surface area contributed by atoms with E-state index >= 15 is 0 Å². The first kappa shape index (κ1) is 11.5. The fourth-order valence-corrected chi connectivity index (χ4v) is 1.92. The van der Waals surface area contributed by atoms with Crippen molar-refractivity contribution in [3.63, 3.8) is 0 Å². The molecule has 2 aromatic heterocycles. The first-order chi connectivity index (χ1) is 9.24. The molecule has 1 N–H and O–H groups in total. The van der Waals surface area contributed by atoms with E-state index in [1.807, 2.05) is 54.9 Å². The largest absolute Gasteiger partial charge is 0.460 e. The maximum Gasteiger partial charge on any atom is 0.224 e. The Morgan fingerprint density at radius 3 is 2.84 bits per heavy atom. The Bertz CT molecular complexity index is 739. The number of para-hydroxylation sites is 2. The van der Waals surface area contributed by atoms with E-state index in [0.717, 1.165) is 16.8 Å². The number of aryl methyl sites for hydroxylation is 2. The monoisotopic (exact) mass is 254 g/mol. The van der Waals surface area contributed by atoms with Crippen LogP contribution in [0.3, 0.4) is 0 Å². The number of hydrazone groups is 1. The van der Waals surface area contributed by atoms with E-state index in [9.17, 15) is 0 Å². The highest BCUT2D eigenvalue weighted by molar-refractivity contribution is 5.79. The fourth-order valence-electron chi connectivity index (χ4n) is 1.92. The Labute approximate surface area is 110 Å². The van der Waals surface area contributed by atoms with Crippen molar-refractivity contribution in [2.75, 3.05) is 5.43 Å². The molecular formula is C14H14N4O. The molecule has 0 aliphatic rings. The molecule has 3 rings (SSSR count). The van der Waals surface area contributed by atoms with Gasteiger partial charge in [0.1, 0.15) is 11.5 Å². The van der Waals surface area contributed by atoms with Crippen molar-refractivity contribution in [2.45, 2.75) is 6.92 Å². The van der Waals surface area contributed by atoms with Gasteiger partial charge in [-0.05, 0) is 31.2 Å². The SMILES string of the molecule is Cc1ccc(/C=N\Nc2nc3ccccc3n2C)o1. The van der Waals surface area contributed by atoms with Gasteiger partial charge in [0.15, 0.2) is 0 Å². The van der Waals surface area contributed by atoms with E-state index in [-0.39, 0.29) is 0 Å². The number of nitrogens with one attached hydrogen (secondary N) is 1. The van der Waals surface area contributed by atoms with Crippen LogP contribution in [-0.4, -0.2) is 15.8 Å². The Balaban J connectivity index is 1.82. The lowest BCUT2D eigenvalue weighted by molar-refractivity contribution is 0.528. The van der Waals surface area contributed by atoms with Crippen LogP contribution in [0.15, 0.2) is 45.9 Å². The Morgan fingerprint density at radius 1 is 1.26 bits per heavy atom. The molecule has 0 atom stereocenters. The normalized spacial score (nSPS) is 11.5. The molecule has 0 aliphatic heterocycles. The van der Waals surface area contributed by atoms with Gasteiger partial charge < -0.3 is 8.98 Å². The molecule has 5 heteroatoms. The summed E-state index contributed by atoms with van der Waals surface area (Å²) in [6, 6.07) is 11.7. The second-order valence-electron chi connectivity index (χ2n) is 4.30. The number of anilines is 1. The number of benzene rings is 1. The third kappa shape index (κ3) is 2.22. The van der Waals surface area contributed by atoms with Crippen molar-refractivity contribution < 1.29 is 4.42 Å². The maximum atomic E-state index is 5.39. The molecule has 96 valence electrons. The Kier molecular flexibility index (Phi) is 2.79. The van der Waals surface area contributed by atoms with Gasteiger partial charge in [-0.2, -0.15) is 5.10 Å². The zero-order chi connectivity index (χ0) is 13.2. The second-order valence-corrected chi connectivity index (χ2v) is 4.30. The van der Waals surface area contributed by atoms with Gasteiger partial charge in [-0.1, -0.05) is 12.1 Å². The molecule has 0 amide bonds. The summed E-state index contributed by atoms with van der Waals surface area (Å²) in [7, 11) is 1.95. The van der Waals surface area contributed by atoms with Crippen LogP contribution >= 0.6 is 0 Å². The number of hydrogen-bond donors (Lipinski definition) is 1. The van der Waals surface area contributed by atoms with Crippen LogP contribution in [0.5, 0.6) is 0 Å².